The number of halogens is 6. The van der Waals surface area contributed by atoms with Gasteiger partial charge in [0.05, 0.1) is 10.0 Å². The summed E-state index contributed by atoms with van der Waals surface area (Å²) in [7, 11) is 0. The summed E-state index contributed by atoms with van der Waals surface area (Å²) in [5.41, 5.74) is 0. The monoisotopic (exact) mass is 486 g/mol. The van der Waals surface area contributed by atoms with E-state index in [9.17, 15) is 0 Å². The van der Waals surface area contributed by atoms with E-state index in [0.717, 1.165) is 0 Å². The zero-order chi connectivity index (χ0) is 19.8. The average molecular weight is 489 g/mol. The molecule has 0 unspecified atom stereocenters. The Morgan fingerprint density at radius 3 is 1.78 bits per heavy atom. The number of hydrogen-bond acceptors (Lipinski definition) is 3. The van der Waals surface area contributed by atoms with Crippen LogP contribution >= 0.6 is 69.6 Å². The van der Waals surface area contributed by atoms with E-state index in [-0.39, 0.29) is 22.2 Å². The molecule has 0 atom stereocenters. The topological polar surface area (TPSA) is 27.7 Å². The smallest absolute Gasteiger partial charge is 0.147 e. The molecule has 2 aromatic carbocycles. The normalized spacial score (nSPS) is 10.1. The van der Waals surface area contributed by atoms with Gasteiger partial charge < -0.3 is 14.2 Å². The zero-order valence-corrected chi connectivity index (χ0v) is 18.1. The van der Waals surface area contributed by atoms with E-state index in [4.69, 9.17) is 83.8 Å². The molecule has 0 aliphatic rings. The van der Waals surface area contributed by atoms with Crippen molar-refractivity contribution >= 4 is 69.6 Å². The van der Waals surface area contributed by atoms with Crippen LogP contribution in [0.25, 0.3) is 0 Å². The van der Waals surface area contributed by atoms with Gasteiger partial charge in [-0.2, -0.15) is 0 Å². The van der Waals surface area contributed by atoms with Gasteiger partial charge in [-0.25, -0.2) is 0 Å². The van der Waals surface area contributed by atoms with Crippen molar-refractivity contribution in [2.75, 3.05) is 13.2 Å². The molecule has 0 aliphatic heterocycles. The van der Waals surface area contributed by atoms with Crippen LogP contribution in [-0.4, -0.2) is 13.2 Å². The van der Waals surface area contributed by atoms with Gasteiger partial charge in [-0.1, -0.05) is 69.6 Å². The Hall–Kier alpha value is -0.940. The first-order valence-electron chi connectivity index (χ1n) is 7.40. The predicted molar refractivity (Wildman–Crippen MR) is 114 cm³/mol. The van der Waals surface area contributed by atoms with E-state index >= 15 is 0 Å². The van der Waals surface area contributed by atoms with Crippen molar-refractivity contribution in [3.05, 3.63) is 67.6 Å². The summed E-state index contributed by atoms with van der Waals surface area (Å²) in [6.45, 7) is 0.416. The van der Waals surface area contributed by atoms with Crippen molar-refractivity contribution in [2.24, 2.45) is 0 Å². The Kier molecular flexibility index (Phi) is 9.24. The van der Waals surface area contributed by atoms with Gasteiger partial charge >= 0.3 is 0 Å². The molecule has 0 aliphatic carbocycles. The maximum absolute atomic E-state index is 6.23. The number of benzene rings is 2. The van der Waals surface area contributed by atoms with Crippen molar-refractivity contribution in [1.82, 2.24) is 0 Å². The summed E-state index contributed by atoms with van der Waals surface area (Å²) >= 11 is 34.5. The molecule has 0 fully saturated rings. The van der Waals surface area contributed by atoms with E-state index < -0.39 is 0 Å². The first-order valence-corrected chi connectivity index (χ1v) is 9.67. The molecule has 0 radical (unpaired) electrons. The molecular formula is C18H12Cl6O3. The van der Waals surface area contributed by atoms with Crippen LogP contribution in [0.1, 0.15) is 0 Å². The summed E-state index contributed by atoms with van der Waals surface area (Å²) in [6.07, 6.45) is 3.02. The van der Waals surface area contributed by atoms with E-state index in [1.165, 1.54) is 12.2 Å². The third-order valence-electron chi connectivity index (χ3n) is 3.00. The molecule has 27 heavy (non-hydrogen) atoms. The summed E-state index contributed by atoms with van der Waals surface area (Å²) in [4.78, 5) is 0. The second-order valence-corrected chi connectivity index (χ2v) is 7.73. The van der Waals surface area contributed by atoms with Gasteiger partial charge in [0.2, 0.25) is 0 Å². The van der Waals surface area contributed by atoms with Crippen LogP contribution < -0.4 is 14.2 Å². The fourth-order valence-corrected chi connectivity index (χ4v) is 2.48. The highest BCUT2D eigenvalue weighted by atomic mass is 35.5. The molecule has 2 aromatic rings. The molecule has 0 N–H and O–H groups in total. The highest BCUT2D eigenvalue weighted by molar-refractivity contribution is 6.56. The zero-order valence-electron chi connectivity index (χ0n) is 13.5. The van der Waals surface area contributed by atoms with Gasteiger partial charge in [0.1, 0.15) is 45.2 Å². The van der Waals surface area contributed by atoms with Gasteiger partial charge in [-0.15, -0.1) is 0 Å². The predicted octanol–water partition coefficient (Wildman–Crippen LogP) is 8.18. The van der Waals surface area contributed by atoms with Crippen molar-refractivity contribution in [1.29, 1.82) is 0 Å². The van der Waals surface area contributed by atoms with Crippen LogP contribution in [0.5, 0.6) is 23.0 Å². The van der Waals surface area contributed by atoms with E-state index in [2.05, 4.69) is 0 Å². The van der Waals surface area contributed by atoms with E-state index in [0.29, 0.717) is 33.0 Å². The minimum atomic E-state index is 0.103. The SMILES string of the molecule is ClC(Cl)=CCOc1ccc(Oc2cc(Cl)c(OCC=C(Cl)Cl)cc2Cl)cc1. The Balaban J connectivity index is 2.03. The molecule has 0 heterocycles. The molecule has 2 rings (SSSR count). The quantitative estimate of drug-likeness (QED) is 0.375. The third-order valence-corrected chi connectivity index (χ3v) is 4.21. The van der Waals surface area contributed by atoms with Crippen molar-refractivity contribution < 1.29 is 14.2 Å². The Bertz CT molecular complexity index is 826. The minimum absolute atomic E-state index is 0.103. The Morgan fingerprint density at radius 1 is 0.704 bits per heavy atom. The standard InChI is InChI=1S/C18H12Cl6O3/c19-13-10-16(14(20)9-15(13)26-8-6-18(23)24)27-12-3-1-11(2-4-12)25-7-5-17(21)22/h1-6,9-10H,7-8H2. The van der Waals surface area contributed by atoms with Crippen molar-refractivity contribution in [2.45, 2.75) is 0 Å². The van der Waals surface area contributed by atoms with Gasteiger partial charge in [0, 0.05) is 12.1 Å². The lowest BCUT2D eigenvalue weighted by Gasteiger charge is -2.12. The lowest BCUT2D eigenvalue weighted by molar-refractivity contribution is 0.361. The first kappa shape index (κ1) is 22.4. The van der Waals surface area contributed by atoms with Gasteiger partial charge in [-0.3, -0.25) is 0 Å². The second-order valence-electron chi connectivity index (χ2n) is 4.90. The molecule has 0 spiro atoms. The van der Waals surface area contributed by atoms with Crippen molar-refractivity contribution in [3.63, 3.8) is 0 Å². The van der Waals surface area contributed by atoms with Crippen LogP contribution in [0.2, 0.25) is 10.0 Å². The van der Waals surface area contributed by atoms with Crippen LogP contribution in [0.3, 0.4) is 0 Å². The lowest BCUT2D eigenvalue weighted by Crippen LogP contribution is -1.96. The van der Waals surface area contributed by atoms with Gasteiger partial charge in [0.25, 0.3) is 0 Å². The fourth-order valence-electron chi connectivity index (χ4n) is 1.83. The number of rotatable bonds is 8. The van der Waals surface area contributed by atoms with Gasteiger partial charge in [0.15, 0.2) is 0 Å². The summed E-state index contributed by atoms with van der Waals surface area (Å²) in [5, 5.41) is 0.663. The largest absolute Gasteiger partial charge is 0.489 e. The van der Waals surface area contributed by atoms with E-state index in [1.807, 2.05) is 0 Å². The van der Waals surface area contributed by atoms with Crippen LogP contribution in [0.4, 0.5) is 0 Å². The maximum Gasteiger partial charge on any atom is 0.147 e. The molecular weight excluding hydrogens is 477 g/mol. The molecule has 0 bridgehead atoms. The molecule has 0 aromatic heterocycles. The summed E-state index contributed by atoms with van der Waals surface area (Å²) in [6, 6.07) is 10.0. The Labute approximate surface area is 186 Å². The highest BCUT2D eigenvalue weighted by Crippen LogP contribution is 2.38. The van der Waals surface area contributed by atoms with Crippen LogP contribution in [0.15, 0.2) is 57.5 Å². The van der Waals surface area contributed by atoms with Gasteiger partial charge in [-0.05, 0) is 36.4 Å². The van der Waals surface area contributed by atoms with Crippen molar-refractivity contribution in [3.8, 4) is 23.0 Å². The Morgan fingerprint density at radius 2 is 1.19 bits per heavy atom. The minimum Gasteiger partial charge on any atom is -0.489 e. The molecule has 3 nitrogen and oxygen atoms in total. The first-order chi connectivity index (χ1) is 12.8. The third kappa shape index (κ3) is 7.90. The molecule has 0 saturated heterocycles. The fraction of sp³-hybridized carbons (Fsp3) is 0.111. The van der Waals surface area contributed by atoms with E-state index in [1.54, 1.807) is 36.4 Å². The maximum atomic E-state index is 6.23. The molecule has 9 heteroatoms. The molecule has 0 saturated carbocycles. The average Bonchev–Trinajstić information content (AvgIpc) is 2.60. The number of hydrogen-bond donors (Lipinski definition) is 0. The second kappa shape index (κ2) is 11.2. The summed E-state index contributed by atoms with van der Waals surface area (Å²) in [5.74, 6) is 1.95. The van der Waals surface area contributed by atoms with Crippen LogP contribution in [0, 0.1) is 0 Å². The highest BCUT2D eigenvalue weighted by Gasteiger charge is 2.11. The molecule has 144 valence electrons. The number of ether oxygens (including phenoxy) is 3. The van der Waals surface area contributed by atoms with Crippen LogP contribution in [-0.2, 0) is 0 Å². The lowest BCUT2D eigenvalue weighted by atomic mass is 10.3. The molecule has 0 amide bonds. The summed E-state index contributed by atoms with van der Waals surface area (Å²) < 4.78 is 16.9.